The van der Waals surface area contributed by atoms with Crippen LogP contribution in [-0.2, 0) is 7.05 Å². The third kappa shape index (κ3) is 1.89. The molecule has 0 fully saturated rings. The lowest BCUT2D eigenvalue weighted by Gasteiger charge is -1.95. The smallest absolute Gasteiger partial charge is 0.0929 e. The van der Waals surface area contributed by atoms with E-state index in [2.05, 4.69) is 40.1 Å². The van der Waals surface area contributed by atoms with Crippen LogP contribution in [0.1, 0.15) is 0 Å². The van der Waals surface area contributed by atoms with Gasteiger partial charge in [-0.25, -0.2) is 0 Å². The van der Waals surface area contributed by atoms with Crippen molar-refractivity contribution < 1.29 is 0 Å². The summed E-state index contributed by atoms with van der Waals surface area (Å²) in [7, 11) is 1.99. The van der Waals surface area contributed by atoms with Gasteiger partial charge in [0.1, 0.15) is 0 Å². The van der Waals surface area contributed by atoms with E-state index in [1.807, 2.05) is 29.9 Å². The molecule has 0 saturated carbocycles. The SMILES string of the molecule is Cn1nc(-c2ccccc2)cc1-c1ccsc1. The van der Waals surface area contributed by atoms with Crippen molar-refractivity contribution in [2.24, 2.45) is 7.05 Å². The summed E-state index contributed by atoms with van der Waals surface area (Å²) in [5.74, 6) is 0. The minimum absolute atomic E-state index is 1.02. The van der Waals surface area contributed by atoms with Gasteiger partial charge in [-0.05, 0) is 17.5 Å². The number of nitrogens with zero attached hydrogens (tertiary/aromatic N) is 2. The molecule has 17 heavy (non-hydrogen) atoms. The van der Waals surface area contributed by atoms with Crippen LogP contribution in [0.2, 0.25) is 0 Å². The molecular weight excluding hydrogens is 228 g/mol. The third-order valence-corrected chi connectivity index (χ3v) is 3.45. The third-order valence-electron chi connectivity index (χ3n) is 2.77. The van der Waals surface area contributed by atoms with Gasteiger partial charge in [-0.3, -0.25) is 4.68 Å². The summed E-state index contributed by atoms with van der Waals surface area (Å²) >= 11 is 1.71. The fourth-order valence-electron chi connectivity index (χ4n) is 1.90. The summed E-state index contributed by atoms with van der Waals surface area (Å²) in [5, 5.41) is 8.79. The molecule has 0 N–H and O–H groups in total. The summed E-state index contributed by atoms with van der Waals surface area (Å²) in [5.41, 5.74) is 4.57. The van der Waals surface area contributed by atoms with Gasteiger partial charge in [0.15, 0.2) is 0 Å². The van der Waals surface area contributed by atoms with Gasteiger partial charge in [0.2, 0.25) is 0 Å². The fraction of sp³-hybridized carbons (Fsp3) is 0.0714. The van der Waals surface area contributed by atoms with E-state index in [4.69, 9.17) is 0 Å². The molecule has 2 aromatic heterocycles. The van der Waals surface area contributed by atoms with E-state index in [1.165, 1.54) is 5.56 Å². The minimum atomic E-state index is 1.02. The lowest BCUT2D eigenvalue weighted by atomic mass is 10.1. The molecule has 0 aliphatic carbocycles. The number of hydrogen-bond acceptors (Lipinski definition) is 2. The Labute approximate surface area is 104 Å². The zero-order valence-electron chi connectivity index (χ0n) is 9.50. The van der Waals surface area contributed by atoms with Gasteiger partial charge in [-0.15, -0.1) is 0 Å². The van der Waals surface area contributed by atoms with Gasteiger partial charge in [-0.1, -0.05) is 30.3 Å². The Morgan fingerprint density at radius 1 is 1.06 bits per heavy atom. The van der Waals surface area contributed by atoms with Crippen molar-refractivity contribution in [3.05, 3.63) is 53.2 Å². The van der Waals surface area contributed by atoms with Crippen LogP contribution in [0.15, 0.2) is 53.2 Å². The highest BCUT2D eigenvalue weighted by Gasteiger charge is 2.08. The van der Waals surface area contributed by atoms with Crippen LogP contribution in [0.3, 0.4) is 0 Å². The molecule has 0 aliphatic heterocycles. The molecule has 0 radical (unpaired) electrons. The first-order valence-electron chi connectivity index (χ1n) is 5.46. The summed E-state index contributed by atoms with van der Waals surface area (Å²) < 4.78 is 1.93. The molecule has 3 heteroatoms. The van der Waals surface area contributed by atoms with Crippen molar-refractivity contribution in [3.63, 3.8) is 0 Å². The molecule has 2 heterocycles. The van der Waals surface area contributed by atoms with E-state index in [0.29, 0.717) is 0 Å². The van der Waals surface area contributed by atoms with E-state index in [-0.39, 0.29) is 0 Å². The lowest BCUT2D eigenvalue weighted by Crippen LogP contribution is -1.92. The molecule has 0 spiro atoms. The highest BCUT2D eigenvalue weighted by Crippen LogP contribution is 2.26. The second-order valence-electron chi connectivity index (χ2n) is 3.92. The van der Waals surface area contributed by atoms with Crippen LogP contribution in [0.4, 0.5) is 0 Å². The Morgan fingerprint density at radius 2 is 1.88 bits per heavy atom. The Kier molecular flexibility index (Phi) is 2.53. The largest absolute Gasteiger partial charge is 0.267 e. The first-order chi connectivity index (χ1) is 8.34. The molecule has 84 valence electrons. The average molecular weight is 240 g/mol. The number of hydrogen-bond donors (Lipinski definition) is 0. The van der Waals surface area contributed by atoms with Gasteiger partial charge in [0, 0.05) is 23.6 Å². The van der Waals surface area contributed by atoms with Gasteiger partial charge in [-0.2, -0.15) is 16.4 Å². The highest BCUT2D eigenvalue weighted by atomic mass is 32.1. The Balaban J connectivity index is 2.08. The Hall–Kier alpha value is -1.87. The maximum absolute atomic E-state index is 4.56. The Bertz CT molecular complexity index is 609. The molecular formula is C14H12N2S. The molecule has 0 aliphatic rings. The summed E-state index contributed by atoms with van der Waals surface area (Å²) in [6.45, 7) is 0. The molecule has 0 amide bonds. The van der Waals surface area contributed by atoms with Crippen molar-refractivity contribution in [3.8, 4) is 22.5 Å². The van der Waals surface area contributed by atoms with E-state index in [1.54, 1.807) is 11.3 Å². The average Bonchev–Trinajstić information content (AvgIpc) is 2.99. The molecule has 1 aromatic carbocycles. The highest BCUT2D eigenvalue weighted by molar-refractivity contribution is 7.08. The maximum Gasteiger partial charge on any atom is 0.0929 e. The number of aryl methyl sites for hydroxylation is 1. The van der Waals surface area contributed by atoms with Crippen LogP contribution in [-0.4, -0.2) is 9.78 Å². The van der Waals surface area contributed by atoms with Crippen molar-refractivity contribution in [2.75, 3.05) is 0 Å². The lowest BCUT2D eigenvalue weighted by molar-refractivity contribution is 0.779. The summed E-state index contributed by atoms with van der Waals surface area (Å²) in [6, 6.07) is 14.5. The van der Waals surface area contributed by atoms with Gasteiger partial charge < -0.3 is 0 Å². The number of rotatable bonds is 2. The van der Waals surface area contributed by atoms with Crippen molar-refractivity contribution >= 4 is 11.3 Å². The number of thiophene rings is 1. The van der Waals surface area contributed by atoms with Crippen molar-refractivity contribution in [2.45, 2.75) is 0 Å². The van der Waals surface area contributed by atoms with Crippen LogP contribution >= 0.6 is 11.3 Å². The molecule has 0 bridgehead atoms. The van der Waals surface area contributed by atoms with Gasteiger partial charge in [0.25, 0.3) is 0 Å². The molecule has 0 saturated heterocycles. The summed E-state index contributed by atoms with van der Waals surface area (Å²) in [6.07, 6.45) is 0. The topological polar surface area (TPSA) is 17.8 Å². The molecule has 3 aromatic rings. The molecule has 2 nitrogen and oxygen atoms in total. The summed E-state index contributed by atoms with van der Waals surface area (Å²) in [4.78, 5) is 0. The van der Waals surface area contributed by atoms with Gasteiger partial charge >= 0.3 is 0 Å². The quantitative estimate of drug-likeness (QED) is 0.666. The molecule has 0 atom stereocenters. The zero-order valence-corrected chi connectivity index (χ0v) is 10.3. The fourth-order valence-corrected chi connectivity index (χ4v) is 2.55. The first-order valence-corrected chi connectivity index (χ1v) is 6.41. The molecule has 3 rings (SSSR count). The standard InChI is InChI=1S/C14H12N2S/c1-16-14(12-7-8-17-10-12)9-13(15-16)11-5-3-2-4-6-11/h2-10H,1H3. The minimum Gasteiger partial charge on any atom is -0.267 e. The van der Waals surface area contributed by atoms with Crippen LogP contribution < -0.4 is 0 Å². The van der Waals surface area contributed by atoms with Gasteiger partial charge in [0.05, 0.1) is 11.4 Å². The van der Waals surface area contributed by atoms with E-state index in [9.17, 15) is 0 Å². The van der Waals surface area contributed by atoms with E-state index in [0.717, 1.165) is 17.0 Å². The maximum atomic E-state index is 4.56. The van der Waals surface area contributed by atoms with E-state index >= 15 is 0 Å². The van der Waals surface area contributed by atoms with Crippen molar-refractivity contribution in [1.82, 2.24) is 9.78 Å². The predicted octanol–water partition coefficient (Wildman–Crippen LogP) is 3.82. The molecule has 0 unspecified atom stereocenters. The second-order valence-corrected chi connectivity index (χ2v) is 4.70. The van der Waals surface area contributed by atoms with Crippen LogP contribution in [0, 0.1) is 0 Å². The van der Waals surface area contributed by atoms with Crippen LogP contribution in [0.25, 0.3) is 22.5 Å². The normalized spacial score (nSPS) is 10.6. The van der Waals surface area contributed by atoms with E-state index < -0.39 is 0 Å². The second kappa shape index (κ2) is 4.18. The predicted molar refractivity (Wildman–Crippen MR) is 72.0 cm³/mol. The van der Waals surface area contributed by atoms with Crippen molar-refractivity contribution in [1.29, 1.82) is 0 Å². The monoisotopic (exact) mass is 240 g/mol. The van der Waals surface area contributed by atoms with Crippen LogP contribution in [0.5, 0.6) is 0 Å². The number of aromatic nitrogens is 2. The number of benzene rings is 1. The Morgan fingerprint density at radius 3 is 2.59 bits per heavy atom. The first kappa shape index (κ1) is 10.3. The zero-order chi connectivity index (χ0) is 11.7.